The smallest absolute Gasteiger partial charge is 0.0490 e. The zero-order chi connectivity index (χ0) is 6.85. The molecule has 44 valence electrons. The minimum absolute atomic E-state index is 0.914. The van der Waals surface area contributed by atoms with Crippen LogP contribution >= 0.6 is 11.6 Å². The highest BCUT2D eigenvalue weighted by molar-refractivity contribution is 6.35. The number of terminal acetylenes is 1. The maximum Gasteiger partial charge on any atom is 0.0490 e. The number of fused-ring (bicyclic) bond motifs is 1. The van der Waals surface area contributed by atoms with E-state index in [9.17, 15) is 0 Å². The van der Waals surface area contributed by atoms with Crippen LogP contribution in [0.5, 0.6) is 0 Å². The topological polar surface area (TPSA) is 0 Å². The summed E-state index contributed by atoms with van der Waals surface area (Å²) in [4.78, 5) is 0. The van der Waals surface area contributed by atoms with E-state index < -0.39 is 0 Å². The summed E-state index contributed by atoms with van der Waals surface area (Å²) in [7, 11) is 0. The van der Waals surface area contributed by atoms with Gasteiger partial charge in [0.05, 0.1) is 0 Å². The molecule has 0 unspecified atom stereocenters. The maximum atomic E-state index is 5.60. The normalized spacial score (nSPS) is 9.22. The van der Waals surface area contributed by atoms with Crippen LogP contribution < -0.4 is 0 Å². The molecule has 0 N–H and O–H groups in total. The lowest BCUT2D eigenvalue weighted by Crippen LogP contribution is -1.89. The molecule has 0 radical (unpaired) electrons. The van der Waals surface area contributed by atoms with E-state index in [1.165, 1.54) is 11.1 Å². The fourth-order valence-electron chi connectivity index (χ4n) is 0.743. The predicted octanol–water partition coefficient (Wildman–Crippen LogP) is 2.57. The van der Waals surface area contributed by atoms with Crippen molar-refractivity contribution in [3.8, 4) is 24.0 Å². The molecule has 0 atom stereocenters. The highest BCUT2D eigenvalue weighted by Gasteiger charge is 2.13. The second-order valence-corrected chi connectivity index (χ2v) is 2.10. The molecule has 0 saturated heterocycles. The van der Waals surface area contributed by atoms with Gasteiger partial charge in [-0.2, -0.15) is 0 Å². The highest BCUT2D eigenvalue weighted by Crippen LogP contribution is 2.39. The second-order valence-electron chi connectivity index (χ2n) is 1.69. The Morgan fingerprint density at radius 3 is 1.89 bits per heavy atom. The Bertz CT molecular complexity index is 248. The van der Waals surface area contributed by atoms with Crippen molar-refractivity contribution in [1.29, 1.82) is 0 Å². The Morgan fingerprint density at radius 1 is 1.22 bits per heavy atom. The van der Waals surface area contributed by atoms with Gasteiger partial charge in [-0.25, -0.2) is 0 Å². The lowest BCUT2D eigenvalue weighted by Gasteiger charge is -2.15. The van der Waals surface area contributed by atoms with Gasteiger partial charge < -0.3 is 0 Å². The van der Waals surface area contributed by atoms with Gasteiger partial charge in [0.2, 0.25) is 0 Å². The van der Waals surface area contributed by atoms with Crippen molar-refractivity contribution < 1.29 is 0 Å². The van der Waals surface area contributed by atoms with Crippen molar-refractivity contribution in [3.63, 3.8) is 0 Å². The van der Waals surface area contributed by atoms with Gasteiger partial charge in [-0.15, -0.1) is 12.8 Å². The van der Waals surface area contributed by atoms with Crippen LogP contribution in [0.2, 0.25) is 5.02 Å². The maximum absolute atomic E-state index is 5.60. The van der Waals surface area contributed by atoms with Crippen LogP contribution in [0.15, 0.2) is 18.2 Å². The largest absolute Gasteiger partial charge is 0.124 e. The summed E-state index contributed by atoms with van der Waals surface area (Å²) in [6.07, 6.45) is 8.00. The van der Waals surface area contributed by atoms with Gasteiger partial charge in [0.15, 0.2) is 0 Å². The lowest BCUT2D eigenvalue weighted by atomic mass is 9.94. The molecular formula is C8H5Cl. The Kier molecular flexibility index (Phi) is 1.46. The third-order valence-corrected chi connectivity index (χ3v) is 1.59. The summed E-state index contributed by atoms with van der Waals surface area (Å²) in [6.45, 7) is 0. The van der Waals surface area contributed by atoms with Gasteiger partial charge >= 0.3 is 0 Å². The van der Waals surface area contributed by atoms with Crippen LogP contribution in [0.4, 0.5) is 0 Å². The molecule has 0 aromatic rings. The van der Waals surface area contributed by atoms with Gasteiger partial charge in [0.25, 0.3) is 0 Å². The molecule has 0 spiro atoms. The molecule has 2 aliphatic rings. The van der Waals surface area contributed by atoms with E-state index >= 15 is 0 Å². The Balaban J connectivity index is 0.000000186. The van der Waals surface area contributed by atoms with Crippen molar-refractivity contribution in [2.45, 2.75) is 0 Å². The monoisotopic (exact) mass is 136 g/mol. The number of hydrogen-bond donors (Lipinski definition) is 0. The minimum atomic E-state index is 0.914. The van der Waals surface area contributed by atoms with Gasteiger partial charge in [-0.1, -0.05) is 23.7 Å². The minimum Gasteiger partial charge on any atom is -0.124 e. The molecule has 0 amide bonds. The number of halogens is 1. The van der Waals surface area contributed by atoms with E-state index in [0.29, 0.717) is 0 Å². The average molecular weight is 137 g/mol. The van der Waals surface area contributed by atoms with Crippen molar-refractivity contribution in [2.24, 2.45) is 0 Å². The summed E-state index contributed by atoms with van der Waals surface area (Å²) < 4.78 is 0. The van der Waals surface area contributed by atoms with E-state index in [1.54, 1.807) is 0 Å². The molecule has 0 fully saturated rings. The summed E-state index contributed by atoms with van der Waals surface area (Å²) in [5.41, 5.74) is 2.55. The average Bonchev–Trinajstić information content (AvgIpc) is 1.87. The molecule has 2 rings (SSSR count). The molecule has 0 aromatic heterocycles. The van der Waals surface area contributed by atoms with Crippen LogP contribution in [0.1, 0.15) is 0 Å². The van der Waals surface area contributed by atoms with Crippen molar-refractivity contribution in [1.82, 2.24) is 0 Å². The zero-order valence-corrected chi connectivity index (χ0v) is 5.52. The standard InChI is InChI=1S/C6H3Cl.C2H2/c7-6-3-4-1-2-5(4)6;1-2/h1-3H;1-2H. The molecule has 0 bridgehead atoms. The SMILES string of the molecule is C#C.Clc1cc2ccc1-2. The van der Waals surface area contributed by atoms with Gasteiger partial charge in [-0.05, 0) is 11.6 Å². The van der Waals surface area contributed by atoms with Crippen LogP contribution in [0.25, 0.3) is 11.1 Å². The molecule has 1 heteroatoms. The number of hydrogen-bond acceptors (Lipinski definition) is 0. The molecule has 0 saturated carbocycles. The number of rotatable bonds is 0. The van der Waals surface area contributed by atoms with E-state index in [4.69, 9.17) is 11.6 Å². The second kappa shape index (κ2) is 2.13. The van der Waals surface area contributed by atoms with Crippen molar-refractivity contribution >= 4 is 11.6 Å². The fourth-order valence-corrected chi connectivity index (χ4v) is 1.03. The van der Waals surface area contributed by atoms with Gasteiger partial charge in [0.1, 0.15) is 0 Å². The predicted molar refractivity (Wildman–Crippen MR) is 40.3 cm³/mol. The molecule has 0 aromatic carbocycles. The molecule has 0 nitrogen and oxygen atoms in total. The van der Waals surface area contributed by atoms with Crippen LogP contribution in [-0.2, 0) is 0 Å². The van der Waals surface area contributed by atoms with E-state index in [0.717, 1.165) is 5.02 Å². The van der Waals surface area contributed by atoms with Crippen molar-refractivity contribution in [3.05, 3.63) is 23.2 Å². The quantitative estimate of drug-likeness (QED) is 0.489. The zero-order valence-electron chi connectivity index (χ0n) is 4.76. The number of benzene rings is 1. The highest BCUT2D eigenvalue weighted by atomic mass is 35.5. The summed E-state index contributed by atoms with van der Waals surface area (Å²) in [5, 5.41) is 0.914. The van der Waals surface area contributed by atoms with Crippen LogP contribution in [0.3, 0.4) is 0 Å². The molecule has 9 heavy (non-hydrogen) atoms. The third-order valence-electron chi connectivity index (χ3n) is 1.28. The molecule has 0 aliphatic heterocycles. The molecule has 0 heterocycles. The summed E-state index contributed by atoms with van der Waals surface area (Å²) in [5.74, 6) is 0. The third kappa shape index (κ3) is 0.704. The lowest BCUT2D eigenvalue weighted by molar-refractivity contribution is 1.55. The van der Waals surface area contributed by atoms with Gasteiger partial charge in [0, 0.05) is 10.6 Å². The van der Waals surface area contributed by atoms with E-state index in [-0.39, 0.29) is 0 Å². The van der Waals surface area contributed by atoms with Crippen LogP contribution in [0, 0.1) is 12.8 Å². The summed E-state index contributed by atoms with van der Waals surface area (Å²) >= 11 is 5.60. The summed E-state index contributed by atoms with van der Waals surface area (Å²) in [6, 6.07) is 6.05. The molecule has 2 aliphatic carbocycles. The first-order valence-corrected chi connectivity index (χ1v) is 2.89. The Hall–Kier alpha value is -0.930. The first kappa shape index (κ1) is 6.19. The van der Waals surface area contributed by atoms with Crippen LogP contribution in [-0.4, -0.2) is 0 Å². The molecular weight excluding hydrogens is 132 g/mol. The first-order valence-electron chi connectivity index (χ1n) is 2.51. The van der Waals surface area contributed by atoms with E-state index in [2.05, 4.69) is 18.9 Å². The Labute approximate surface area is 59.5 Å². The van der Waals surface area contributed by atoms with Crippen molar-refractivity contribution in [2.75, 3.05) is 0 Å². The van der Waals surface area contributed by atoms with E-state index in [1.807, 2.05) is 12.1 Å². The first-order chi connectivity index (χ1) is 4.38. The fraction of sp³-hybridized carbons (Fsp3) is 0. The Morgan fingerprint density at radius 2 is 1.89 bits per heavy atom. The van der Waals surface area contributed by atoms with Gasteiger partial charge in [-0.3, -0.25) is 0 Å².